The van der Waals surface area contributed by atoms with Gasteiger partial charge in [0.25, 0.3) is 0 Å². The van der Waals surface area contributed by atoms with E-state index in [1.165, 1.54) is 56.6 Å². The average molecular weight is 305 g/mol. The van der Waals surface area contributed by atoms with E-state index in [1.807, 2.05) is 6.20 Å². The summed E-state index contributed by atoms with van der Waals surface area (Å²) in [6.45, 7) is 11.3. The number of nitrogens with zero attached hydrogens (tertiary/aromatic N) is 2. The summed E-state index contributed by atoms with van der Waals surface area (Å²) in [6, 6.07) is 0. The highest BCUT2D eigenvalue weighted by Crippen LogP contribution is 2.32. The third kappa shape index (κ3) is 3.72. The first kappa shape index (κ1) is 16.0. The van der Waals surface area contributed by atoms with E-state index in [2.05, 4.69) is 35.9 Å². The Kier molecular flexibility index (Phi) is 4.88. The molecule has 2 aliphatic rings. The van der Waals surface area contributed by atoms with Crippen LogP contribution in [0.4, 0.5) is 0 Å². The minimum absolute atomic E-state index is 0.0766. The van der Waals surface area contributed by atoms with Gasteiger partial charge in [-0.2, -0.15) is 5.10 Å². The van der Waals surface area contributed by atoms with Gasteiger partial charge in [-0.25, -0.2) is 0 Å². The van der Waals surface area contributed by atoms with Crippen LogP contribution in [0.2, 0.25) is 0 Å². The molecule has 1 aromatic heterocycles. The number of nitrogens with one attached hydrogen (secondary N) is 1. The second-order valence-corrected chi connectivity index (χ2v) is 7.70. The van der Waals surface area contributed by atoms with Gasteiger partial charge in [0.15, 0.2) is 0 Å². The van der Waals surface area contributed by atoms with Crippen molar-refractivity contribution in [3.05, 3.63) is 17.5 Å². The molecule has 4 nitrogen and oxygen atoms in total. The highest BCUT2D eigenvalue weighted by atomic mass is 16.5. The molecule has 0 bridgehead atoms. The number of likely N-dealkylation sites (tertiary alicyclic amines) is 1. The molecular formula is C18H31N3O. The number of aryl methyl sites for hydroxylation is 1. The number of hydrogen-bond acceptors (Lipinski definition) is 3. The molecule has 0 amide bonds. The molecule has 0 saturated carbocycles. The minimum atomic E-state index is 0.0766. The molecule has 124 valence electrons. The Hall–Kier alpha value is -0.870. The standard InChI is InChI=1S/C18H31N3O/c1-4-15-12-19-20-17(15)16-5-8-21(9-6-16)13-14-7-10-22-18(2,3)11-14/h12,14,16H,4-11,13H2,1-3H3,(H,19,20)/t14-/m1/s1. The van der Waals surface area contributed by atoms with Crippen molar-refractivity contribution in [2.24, 2.45) is 5.92 Å². The smallest absolute Gasteiger partial charge is 0.0629 e. The Morgan fingerprint density at radius 3 is 2.77 bits per heavy atom. The number of ether oxygens (including phenoxy) is 1. The number of aromatic nitrogens is 2. The topological polar surface area (TPSA) is 41.2 Å². The predicted molar refractivity (Wildman–Crippen MR) is 89.1 cm³/mol. The summed E-state index contributed by atoms with van der Waals surface area (Å²) in [5.74, 6) is 1.48. The normalized spacial score (nSPS) is 27.1. The molecule has 1 atom stereocenters. The van der Waals surface area contributed by atoms with Crippen molar-refractivity contribution in [2.75, 3.05) is 26.2 Å². The molecule has 2 fully saturated rings. The van der Waals surface area contributed by atoms with E-state index in [0.29, 0.717) is 5.92 Å². The van der Waals surface area contributed by atoms with Crippen LogP contribution in [0.25, 0.3) is 0 Å². The number of rotatable bonds is 4. The summed E-state index contributed by atoms with van der Waals surface area (Å²) in [6.07, 6.45) is 8.05. The van der Waals surface area contributed by atoms with E-state index in [0.717, 1.165) is 18.9 Å². The SMILES string of the molecule is CCc1cn[nH]c1C1CCN(C[C@@H]2CCOC(C)(C)C2)CC1. The van der Waals surface area contributed by atoms with Crippen LogP contribution in [0.1, 0.15) is 63.6 Å². The fourth-order valence-electron chi connectivity index (χ4n) is 4.24. The van der Waals surface area contributed by atoms with Crippen molar-refractivity contribution in [3.63, 3.8) is 0 Å². The van der Waals surface area contributed by atoms with Gasteiger partial charge in [-0.1, -0.05) is 6.92 Å². The van der Waals surface area contributed by atoms with Gasteiger partial charge in [0.1, 0.15) is 0 Å². The minimum Gasteiger partial charge on any atom is -0.376 e. The molecule has 0 radical (unpaired) electrons. The predicted octanol–water partition coefficient (Wildman–Crippen LogP) is 3.36. The second-order valence-electron chi connectivity index (χ2n) is 7.70. The maximum atomic E-state index is 5.85. The van der Waals surface area contributed by atoms with E-state index >= 15 is 0 Å². The van der Waals surface area contributed by atoms with Crippen molar-refractivity contribution in [2.45, 2.75) is 64.4 Å². The molecule has 22 heavy (non-hydrogen) atoms. The van der Waals surface area contributed by atoms with E-state index in [-0.39, 0.29) is 5.60 Å². The zero-order valence-corrected chi connectivity index (χ0v) is 14.4. The average Bonchev–Trinajstić information content (AvgIpc) is 2.95. The molecule has 3 rings (SSSR count). The van der Waals surface area contributed by atoms with Gasteiger partial charge >= 0.3 is 0 Å². The van der Waals surface area contributed by atoms with Crippen molar-refractivity contribution < 1.29 is 4.74 Å². The van der Waals surface area contributed by atoms with Crippen molar-refractivity contribution in [1.82, 2.24) is 15.1 Å². The zero-order valence-electron chi connectivity index (χ0n) is 14.4. The van der Waals surface area contributed by atoms with E-state index in [4.69, 9.17) is 4.74 Å². The first-order valence-electron chi connectivity index (χ1n) is 8.96. The number of aromatic amines is 1. The van der Waals surface area contributed by atoms with Crippen LogP contribution in [-0.2, 0) is 11.2 Å². The molecule has 4 heteroatoms. The van der Waals surface area contributed by atoms with Gasteiger partial charge in [0, 0.05) is 24.8 Å². The van der Waals surface area contributed by atoms with Crippen LogP contribution in [0, 0.1) is 5.92 Å². The number of H-pyrrole nitrogens is 1. The van der Waals surface area contributed by atoms with Crippen LogP contribution in [-0.4, -0.2) is 46.9 Å². The maximum absolute atomic E-state index is 5.85. The fourth-order valence-corrected chi connectivity index (χ4v) is 4.24. The van der Waals surface area contributed by atoms with Crippen LogP contribution < -0.4 is 0 Å². The Bertz CT molecular complexity index is 474. The summed E-state index contributed by atoms with van der Waals surface area (Å²) >= 11 is 0. The van der Waals surface area contributed by atoms with Gasteiger partial charge in [-0.15, -0.1) is 0 Å². The van der Waals surface area contributed by atoms with Gasteiger partial charge < -0.3 is 9.64 Å². The van der Waals surface area contributed by atoms with Crippen LogP contribution in [0.3, 0.4) is 0 Å². The van der Waals surface area contributed by atoms with Crippen LogP contribution >= 0.6 is 0 Å². The van der Waals surface area contributed by atoms with Crippen molar-refractivity contribution in [3.8, 4) is 0 Å². The molecule has 0 unspecified atom stereocenters. The molecule has 3 heterocycles. The molecular weight excluding hydrogens is 274 g/mol. The Morgan fingerprint density at radius 2 is 2.09 bits per heavy atom. The van der Waals surface area contributed by atoms with E-state index in [1.54, 1.807) is 0 Å². The van der Waals surface area contributed by atoms with Gasteiger partial charge in [-0.3, -0.25) is 5.10 Å². The Morgan fingerprint density at radius 1 is 1.32 bits per heavy atom. The summed E-state index contributed by atoms with van der Waals surface area (Å²) in [7, 11) is 0. The second kappa shape index (κ2) is 6.71. The van der Waals surface area contributed by atoms with Crippen LogP contribution in [0.15, 0.2) is 6.20 Å². The molecule has 2 saturated heterocycles. The highest BCUT2D eigenvalue weighted by Gasteiger charge is 2.31. The van der Waals surface area contributed by atoms with Gasteiger partial charge in [0.2, 0.25) is 0 Å². The third-order valence-electron chi connectivity index (χ3n) is 5.44. The zero-order chi connectivity index (χ0) is 15.6. The Balaban J connectivity index is 1.50. The van der Waals surface area contributed by atoms with E-state index in [9.17, 15) is 0 Å². The quantitative estimate of drug-likeness (QED) is 0.927. The molecule has 0 aromatic carbocycles. The number of hydrogen-bond donors (Lipinski definition) is 1. The maximum Gasteiger partial charge on any atom is 0.0629 e. The first-order chi connectivity index (χ1) is 10.6. The number of piperidine rings is 1. The molecule has 2 aliphatic heterocycles. The molecule has 1 N–H and O–H groups in total. The monoisotopic (exact) mass is 305 g/mol. The lowest BCUT2D eigenvalue weighted by Crippen LogP contribution is -2.42. The fraction of sp³-hybridized carbons (Fsp3) is 0.833. The molecule has 0 spiro atoms. The Labute approximate surface area is 134 Å². The van der Waals surface area contributed by atoms with Crippen molar-refractivity contribution >= 4 is 0 Å². The summed E-state index contributed by atoms with van der Waals surface area (Å²) in [5.41, 5.74) is 2.88. The third-order valence-corrected chi connectivity index (χ3v) is 5.44. The lowest BCUT2D eigenvalue weighted by atomic mass is 9.86. The van der Waals surface area contributed by atoms with Gasteiger partial charge in [0.05, 0.1) is 11.8 Å². The van der Waals surface area contributed by atoms with E-state index < -0.39 is 0 Å². The summed E-state index contributed by atoms with van der Waals surface area (Å²) in [4.78, 5) is 2.67. The molecule has 0 aliphatic carbocycles. The van der Waals surface area contributed by atoms with Crippen LogP contribution in [0.5, 0.6) is 0 Å². The summed E-state index contributed by atoms with van der Waals surface area (Å²) < 4.78 is 5.85. The lowest BCUT2D eigenvalue weighted by Gasteiger charge is -2.39. The van der Waals surface area contributed by atoms with Crippen molar-refractivity contribution in [1.29, 1.82) is 0 Å². The highest BCUT2D eigenvalue weighted by molar-refractivity contribution is 5.21. The first-order valence-corrected chi connectivity index (χ1v) is 8.96. The lowest BCUT2D eigenvalue weighted by molar-refractivity contribution is -0.0775. The largest absolute Gasteiger partial charge is 0.376 e. The summed E-state index contributed by atoms with van der Waals surface area (Å²) in [5, 5.41) is 7.49. The van der Waals surface area contributed by atoms with Gasteiger partial charge in [-0.05, 0) is 70.5 Å². The molecule has 1 aromatic rings.